The number of aryl methyl sites for hydroxylation is 3. The fraction of sp³-hybridized carbons (Fsp3) is 0.192. The third-order valence-electron chi connectivity index (χ3n) is 6.07. The molecule has 5 rings (SSSR count). The van der Waals surface area contributed by atoms with Gasteiger partial charge >= 0.3 is 0 Å². The molecule has 0 saturated carbocycles. The van der Waals surface area contributed by atoms with Crippen molar-refractivity contribution in [1.29, 1.82) is 0 Å². The van der Waals surface area contributed by atoms with Crippen LogP contribution in [0.25, 0.3) is 22.0 Å². The van der Waals surface area contributed by atoms with Crippen LogP contribution in [0.4, 0.5) is 0 Å². The second-order valence-corrected chi connectivity index (χ2v) is 8.10. The van der Waals surface area contributed by atoms with E-state index in [1.807, 2.05) is 68.1 Å². The Morgan fingerprint density at radius 2 is 1.76 bits per heavy atom. The Morgan fingerprint density at radius 1 is 0.970 bits per heavy atom. The summed E-state index contributed by atoms with van der Waals surface area (Å²) in [6.45, 7) is 3.67. The fourth-order valence-corrected chi connectivity index (χ4v) is 4.43. The number of benzene rings is 2. The van der Waals surface area contributed by atoms with Gasteiger partial charge in [0.05, 0.1) is 24.6 Å². The molecule has 3 heterocycles. The highest BCUT2D eigenvalue weighted by atomic mass is 16.5. The number of amides is 2. The van der Waals surface area contributed by atoms with Crippen LogP contribution in [-0.4, -0.2) is 33.0 Å². The van der Waals surface area contributed by atoms with Crippen molar-refractivity contribution < 1.29 is 14.3 Å². The number of nitrogens with one attached hydrogen (secondary N) is 1. The Balaban J connectivity index is 1.58. The molecule has 7 nitrogen and oxygen atoms in total. The zero-order chi connectivity index (χ0) is 22.9. The first-order chi connectivity index (χ1) is 16.1. The van der Waals surface area contributed by atoms with Gasteiger partial charge in [0, 0.05) is 47.6 Å². The minimum absolute atomic E-state index is 0.371. The molecule has 4 aromatic rings. The Labute approximate surface area is 191 Å². The number of para-hydroxylation sites is 1. The van der Waals surface area contributed by atoms with Crippen LogP contribution in [-0.2, 0) is 22.7 Å². The van der Waals surface area contributed by atoms with Gasteiger partial charge in [-0.3, -0.25) is 14.9 Å². The zero-order valence-corrected chi connectivity index (χ0v) is 18.5. The summed E-state index contributed by atoms with van der Waals surface area (Å²) < 4.78 is 9.61. The maximum Gasteiger partial charge on any atom is 0.259 e. The molecule has 33 heavy (non-hydrogen) atoms. The number of carbonyl (C=O) groups is 2. The third-order valence-corrected chi connectivity index (χ3v) is 6.07. The molecule has 0 fully saturated rings. The summed E-state index contributed by atoms with van der Waals surface area (Å²) >= 11 is 0. The number of hydrogen-bond acceptors (Lipinski definition) is 4. The van der Waals surface area contributed by atoms with Crippen LogP contribution in [0.1, 0.15) is 23.2 Å². The maximum absolute atomic E-state index is 12.9. The molecule has 0 saturated heterocycles. The first-order valence-electron chi connectivity index (χ1n) is 10.9. The average Bonchev–Trinajstić information content (AvgIpc) is 3.49. The number of imide groups is 1. The standard InChI is InChI=1S/C26H24N4O3/c1-17-14-27-16-30(17)12-6-11-29-15-21(20-9-3-4-10-22(20)29)24-23(25(31)28-26(24)32)18-7-5-8-19(13-18)33-2/h3-5,7-10,13-16H,6,11-12H2,1-2H3,(H,28,31,32). The minimum Gasteiger partial charge on any atom is -0.497 e. The van der Waals surface area contributed by atoms with E-state index in [9.17, 15) is 9.59 Å². The zero-order valence-electron chi connectivity index (χ0n) is 18.5. The Kier molecular flexibility index (Phi) is 5.30. The number of aromatic nitrogens is 3. The van der Waals surface area contributed by atoms with Crippen molar-refractivity contribution in [2.45, 2.75) is 26.4 Å². The molecule has 0 aliphatic carbocycles. The quantitative estimate of drug-likeness (QED) is 0.443. The van der Waals surface area contributed by atoms with Gasteiger partial charge < -0.3 is 13.9 Å². The topological polar surface area (TPSA) is 78.2 Å². The van der Waals surface area contributed by atoms with Crippen molar-refractivity contribution >= 4 is 33.9 Å². The van der Waals surface area contributed by atoms with Crippen LogP contribution >= 0.6 is 0 Å². The first-order valence-corrected chi connectivity index (χ1v) is 10.9. The van der Waals surface area contributed by atoms with Gasteiger partial charge in [-0.25, -0.2) is 4.98 Å². The van der Waals surface area contributed by atoms with E-state index in [2.05, 4.69) is 19.4 Å². The Hall–Kier alpha value is -4.13. The van der Waals surface area contributed by atoms with E-state index in [0.29, 0.717) is 22.5 Å². The first kappa shape index (κ1) is 20.8. The SMILES string of the molecule is COc1cccc(C2=C(c3cn(CCCn4cncc4C)c4ccccc34)C(=O)NC2=O)c1. The molecular weight excluding hydrogens is 416 g/mol. The summed E-state index contributed by atoms with van der Waals surface area (Å²) in [5.41, 5.74) is 4.33. The average molecular weight is 441 g/mol. The van der Waals surface area contributed by atoms with Crippen LogP contribution in [0.15, 0.2) is 67.3 Å². The van der Waals surface area contributed by atoms with Crippen LogP contribution in [0.5, 0.6) is 5.75 Å². The lowest BCUT2D eigenvalue weighted by Crippen LogP contribution is -2.22. The third kappa shape index (κ3) is 3.71. The molecule has 0 unspecified atom stereocenters. The Morgan fingerprint density at radius 3 is 2.55 bits per heavy atom. The van der Waals surface area contributed by atoms with Gasteiger partial charge in [-0.05, 0) is 37.1 Å². The number of methoxy groups -OCH3 is 1. The summed E-state index contributed by atoms with van der Waals surface area (Å²) in [4.78, 5) is 29.9. The normalized spacial score (nSPS) is 13.8. The van der Waals surface area contributed by atoms with E-state index in [0.717, 1.165) is 41.7 Å². The van der Waals surface area contributed by atoms with Gasteiger partial charge in [-0.2, -0.15) is 0 Å². The molecule has 1 aliphatic heterocycles. The molecule has 1 N–H and O–H groups in total. The van der Waals surface area contributed by atoms with E-state index < -0.39 is 5.91 Å². The van der Waals surface area contributed by atoms with Crippen molar-refractivity contribution in [1.82, 2.24) is 19.4 Å². The number of imidazole rings is 1. The summed E-state index contributed by atoms with van der Waals surface area (Å²) in [6.07, 6.45) is 6.58. The van der Waals surface area contributed by atoms with Crippen molar-refractivity contribution in [3.8, 4) is 5.75 Å². The van der Waals surface area contributed by atoms with Crippen LogP contribution in [0.3, 0.4) is 0 Å². The second-order valence-electron chi connectivity index (χ2n) is 8.10. The molecule has 0 spiro atoms. The predicted molar refractivity (Wildman–Crippen MR) is 126 cm³/mol. The van der Waals surface area contributed by atoms with Crippen molar-refractivity contribution in [3.63, 3.8) is 0 Å². The van der Waals surface area contributed by atoms with E-state index in [-0.39, 0.29) is 5.91 Å². The van der Waals surface area contributed by atoms with E-state index in [4.69, 9.17) is 4.74 Å². The van der Waals surface area contributed by atoms with Crippen LogP contribution in [0, 0.1) is 6.92 Å². The molecule has 166 valence electrons. The summed E-state index contributed by atoms with van der Waals surface area (Å²) in [5.74, 6) is -0.144. The molecule has 0 atom stereocenters. The fourth-order valence-electron chi connectivity index (χ4n) is 4.43. The largest absolute Gasteiger partial charge is 0.497 e. The second kappa shape index (κ2) is 8.43. The number of nitrogens with zero attached hydrogens (tertiary/aromatic N) is 3. The highest BCUT2D eigenvalue weighted by Crippen LogP contribution is 2.36. The monoisotopic (exact) mass is 440 g/mol. The lowest BCUT2D eigenvalue weighted by atomic mass is 9.96. The summed E-state index contributed by atoms with van der Waals surface area (Å²) in [5, 5.41) is 3.42. The van der Waals surface area contributed by atoms with E-state index in [1.54, 1.807) is 13.2 Å². The molecule has 2 aromatic heterocycles. The van der Waals surface area contributed by atoms with E-state index >= 15 is 0 Å². The molecule has 1 aliphatic rings. The molecular formula is C26H24N4O3. The van der Waals surface area contributed by atoms with Gasteiger partial charge in [-0.15, -0.1) is 0 Å². The molecule has 0 bridgehead atoms. The number of hydrogen-bond donors (Lipinski definition) is 1. The van der Waals surface area contributed by atoms with E-state index in [1.165, 1.54) is 0 Å². The highest BCUT2D eigenvalue weighted by molar-refractivity contribution is 6.50. The Bertz CT molecular complexity index is 1410. The maximum atomic E-state index is 12.9. The number of fused-ring (bicyclic) bond motifs is 1. The van der Waals surface area contributed by atoms with Crippen molar-refractivity contribution in [2.75, 3.05) is 7.11 Å². The predicted octanol–water partition coefficient (Wildman–Crippen LogP) is 3.81. The van der Waals surface area contributed by atoms with Crippen LogP contribution in [0.2, 0.25) is 0 Å². The van der Waals surface area contributed by atoms with Gasteiger partial charge in [0.1, 0.15) is 5.75 Å². The number of carbonyl (C=O) groups excluding carboxylic acids is 2. The van der Waals surface area contributed by atoms with Gasteiger partial charge in [0.15, 0.2) is 0 Å². The summed E-state index contributed by atoms with van der Waals surface area (Å²) in [7, 11) is 1.58. The number of ether oxygens (including phenoxy) is 1. The molecule has 2 aromatic carbocycles. The van der Waals surface area contributed by atoms with Gasteiger partial charge in [0.25, 0.3) is 11.8 Å². The lowest BCUT2D eigenvalue weighted by molar-refractivity contribution is -0.122. The van der Waals surface area contributed by atoms with Crippen molar-refractivity contribution in [2.24, 2.45) is 0 Å². The molecule has 0 radical (unpaired) electrons. The smallest absolute Gasteiger partial charge is 0.259 e. The molecule has 2 amide bonds. The minimum atomic E-state index is -0.393. The molecule has 7 heteroatoms. The van der Waals surface area contributed by atoms with Gasteiger partial charge in [0.2, 0.25) is 0 Å². The van der Waals surface area contributed by atoms with Crippen molar-refractivity contribution in [3.05, 3.63) is 84.1 Å². The van der Waals surface area contributed by atoms with Gasteiger partial charge in [-0.1, -0.05) is 30.3 Å². The van der Waals surface area contributed by atoms with Crippen LogP contribution < -0.4 is 10.1 Å². The highest BCUT2D eigenvalue weighted by Gasteiger charge is 2.34. The number of rotatable bonds is 7. The lowest BCUT2D eigenvalue weighted by Gasteiger charge is -2.07. The summed E-state index contributed by atoms with van der Waals surface area (Å²) in [6, 6.07) is 15.2.